The van der Waals surface area contributed by atoms with Crippen molar-refractivity contribution in [2.75, 3.05) is 18.1 Å². The van der Waals surface area contributed by atoms with Gasteiger partial charge in [0.1, 0.15) is 0 Å². The van der Waals surface area contributed by atoms with Gasteiger partial charge in [-0.1, -0.05) is 12.0 Å². The van der Waals surface area contributed by atoms with Crippen LogP contribution in [0.1, 0.15) is 25.7 Å². The Morgan fingerprint density at radius 1 is 1.56 bits per heavy atom. The van der Waals surface area contributed by atoms with Crippen LogP contribution in [0, 0.1) is 5.92 Å². The van der Waals surface area contributed by atoms with Gasteiger partial charge in [-0.25, -0.2) is 0 Å². The number of anilines is 1. The van der Waals surface area contributed by atoms with E-state index in [9.17, 15) is 4.79 Å². The van der Waals surface area contributed by atoms with Crippen LogP contribution in [0.4, 0.5) is 6.01 Å². The summed E-state index contributed by atoms with van der Waals surface area (Å²) in [6, 6.07) is 0.254. The van der Waals surface area contributed by atoms with Gasteiger partial charge in [-0.2, -0.15) is 0 Å². The summed E-state index contributed by atoms with van der Waals surface area (Å²) < 4.78 is 5.37. The molecule has 6 nitrogen and oxygen atoms in total. The lowest BCUT2D eigenvalue weighted by molar-refractivity contribution is -0.117. The monoisotopic (exact) mass is 225 g/mol. The minimum Gasteiger partial charge on any atom is -0.408 e. The lowest BCUT2D eigenvalue weighted by atomic mass is 10.1. The van der Waals surface area contributed by atoms with Crippen molar-refractivity contribution in [1.29, 1.82) is 0 Å². The second-order valence-electron chi connectivity index (χ2n) is 3.99. The molecule has 0 saturated carbocycles. The number of carbonyl (C=O) groups is 1. The number of carbonyl (C=O) groups excluding carboxylic acids is 1. The molecule has 0 aliphatic carbocycles. The molecule has 88 valence electrons. The third-order valence-electron chi connectivity index (χ3n) is 2.61. The van der Waals surface area contributed by atoms with Gasteiger partial charge < -0.3 is 9.52 Å². The zero-order valence-electron chi connectivity index (χ0n) is 9.22. The first-order valence-electron chi connectivity index (χ1n) is 5.48. The molecule has 1 atom stereocenters. The third kappa shape index (κ3) is 2.06. The maximum Gasteiger partial charge on any atom is 0.325 e. The SMILES string of the molecule is CCCc1nnc(N2CC(CO)CC2=O)o1. The molecule has 1 N–H and O–H groups in total. The van der Waals surface area contributed by atoms with Crippen molar-refractivity contribution in [3.63, 3.8) is 0 Å². The Kier molecular flexibility index (Phi) is 3.19. The molecule has 2 heterocycles. The maximum absolute atomic E-state index is 11.6. The quantitative estimate of drug-likeness (QED) is 0.800. The summed E-state index contributed by atoms with van der Waals surface area (Å²) in [5.41, 5.74) is 0. The second kappa shape index (κ2) is 4.61. The van der Waals surface area contributed by atoms with Crippen molar-refractivity contribution in [3.8, 4) is 0 Å². The molecule has 0 bridgehead atoms. The Balaban J connectivity index is 2.09. The molecule has 2 rings (SSSR count). The topological polar surface area (TPSA) is 79.5 Å². The van der Waals surface area contributed by atoms with Crippen LogP contribution in [0.5, 0.6) is 0 Å². The predicted octanol–water partition coefficient (Wildman–Crippen LogP) is 0.367. The number of aryl methyl sites for hydroxylation is 1. The Bertz CT molecular complexity index is 377. The Labute approximate surface area is 93.3 Å². The van der Waals surface area contributed by atoms with Crippen molar-refractivity contribution in [2.24, 2.45) is 5.92 Å². The first kappa shape index (κ1) is 11.1. The maximum atomic E-state index is 11.6. The number of rotatable bonds is 4. The van der Waals surface area contributed by atoms with Crippen LogP contribution in [0.25, 0.3) is 0 Å². The third-order valence-corrected chi connectivity index (χ3v) is 2.61. The number of aliphatic hydroxyl groups excluding tert-OH is 1. The van der Waals surface area contributed by atoms with Crippen LogP contribution < -0.4 is 4.90 Å². The van der Waals surface area contributed by atoms with Crippen LogP contribution in [0.2, 0.25) is 0 Å². The number of aliphatic hydroxyl groups is 1. The van der Waals surface area contributed by atoms with E-state index in [4.69, 9.17) is 9.52 Å². The molecule has 1 saturated heterocycles. The van der Waals surface area contributed by atoms with Crippen molar-refractivity contribution < 1.29 is 14.3 Å². The van der Waals surface area contributed by atoms with Crippen molar-refractivity contribution in [3.05, 3.63) is 5.89 Å². The van der Waals surface area contributed by atoms with Gasteiger partial charge >= 0.3 is 6.01 Å². The van der Waals surface area contributed by atoms with Gasteiger partial charge in [0.15, 0.2) is 0 Å². The highest BCUT2D eigenvalue weighted by molar-refractivity contribution is 5.93. The van der Waals surface area contributed by atoms with Crippen molar-refractivity contribution in [2.45, 2.75) is 26.2 Å². The standard InChI is InChI=1S/C10H15N3O3/c1-2-3-8-11-12-10(16-8)13-5-7(6-14)4-9(13)15/h7,14H,2-6H2,1H3. The van der Waals surface area contributed by atoms with E-state index in [1.165, 1.54) is 4.90 Å². The number of aromatic nitrogens is 2. The van der Waals surface area contributed by atoms with Gasteiger partial charge in [-0.3, -0.25) is 9.69 Å². The summed E-state index contributed by atoms with van der Waals surface area (Å²) in [5, 5.41) is 16.7. The predicted molar refractivity (Wildman–Crippen MR) is 55.8 cm³/mol. The average molecular weight is 225 g/mol. The molecule has 1 aliphatic heterocycles. The van der Waals surface area contributed by atoms with E-state index in [1.807, 2.05) is 6.92 Å². The second-order valence-corrected chi connectivity index (χ2v) is 3.99. The highest BCUT2D eigenvalue weighted by atomic mass is 16.4. The minimum atomic E-state index is -0.0641. The Hall–Kier alpha value is -1.43. The van der Waals surface area contributed by atoms with E-state index in [0.29, 0.717) is 18.9 Å². The van der Waals surface area contributed by atoms with Crippen LogP contribution in [0.3, 0.4) is 0 Å². The van der Waals surface area contributed by atoms with Gasteiger partial charge in [-0.15, -0.1) is 5.10 Å². The molecule has 0 aromatic carbocycles. The Morgan fingerprint density at radius 3 is 3.00 bits per heavy atom. The normalized spacial score (nSPS) is 20.8. The first-order chi connectivity index (χ1) is 7.74. The Morgan fingerprint density at radius 2 is 2.38 bits per heavy atom. The van der Waals surface area contributed by atoms with Crippen molar-refractivity contribution >= 4 is 11.9 Å². The fraction of sp³-hybridized carbons (Fsp3) is 0.700. The molecule has 1 aromatic heterocycles. The summed E-state index contributed by atoms with van der Waals surface area (Å²) in [5.74, 6) is 0.470. The zero-order chi connectivity index (χ0) is 11.5. The van der Waals surface area contributed by atoms with E-state index >= 15 is 0 Å². The smallest absolute Gasteiger partial charge is 0.325 e. The van der Waals surface area contributed by atoms with Crippen molar-refractivity contribution in [1.82, 2.24) is 10.2 Å². The lowest BCUT2D eigenvalue weighted by Crippen LogP contribution is -2.25. The molecule has 6 heteroatoms. The summed E-state index contributed by atoms with van der Waals surface area (Å²) in [7, 11) is 0. The van der Waals surface area contributed by atoms with Crippen LogP contribution in [-0.2, 0) is 11.2 Å². The number of hydrogen-bond donors (Lipinski definition) is 1. The summed E-state index contributed by atoms with van der Waals surface area (Å²) in [6.07, 6.45) is 2.00. The molecule has 1 fully saturated rings. The minimum absolute atomic E-state index is 0.0121. The molecule has 0 spiro atoms. The molecule has 1 aliphatic rings. The molecular weight excluding hydrogens is 210 g/mol. The van der Waals surface area contributed by atoms with E-state index in [0.717, 1.165) is 12.8 Å². The molecule has 1 amide bonds. The van der Waals surface area contributed by atoms with E-state index in [2.05, 4.69) is 10.2 Å². The zero-order valence-corrected chi connectivity index (χ0v) is 9.22. The highest BCUT2D eigenvalue weighted by Gasteiger charge is 2.33. The number of amides is 1. The van der Waals surface area contributed by atoms with Gasteiger partial charge in [0.25, 0.3) is 0 Å². The van der Waals surface area contributed by atoms with Gasteiger partial charge in [0, 0.05) is 31.9 Å². The van der Waals surface area contributed by atoms with Gasteiger partial charge in [0.05, 0.1) is 0 Å². The molecule has 1 aromatic rings. The van der Waals surface area contributed by atoms with E-state index in [1.54, 1.807) is 0 Å². The molecular formula is C10H15N3O3. The molecule has 1 unspecified atom stereocenters. The number of hydrogen-bond acceptors (Lipinski definition) is 5. The van der Waals surface area contributed by atoms with Crippen LogP contribution in [0.15, 0.2) is 4.42 Å². The van der Waals surface area contributed by atoms with Crippen LogP contribution >= 0.6 is 0 Å². The van der Waals surface area contributed by atoms with Gasteiger partial charge in [0.2, 0.25) is 11.8 Å². The fourth-order valence-electron chi connectivity index (χ4n) is 1.76. The van der Waals surface area contributed by atoms with E-state index in [-0.39, 0.29) is 24.4 Å². The highest BCUT2D eigenvalue weighted by Crippen LogP contribution is 2.23. The summed E-state index contributed by atoms with van der Waals surface area (Å²) in [6.45, 7) is 2.49. The van der Waals surface area contributed by atoms with Crippen LogP contribution in [-0.4, -0.2) is 34.4 Å². The molecule has 0 radical (unpaired) electrons. The van der Waals surface area contributed by atoms with E-state index < -0.39 is 0 Å². The summed E-state index contributed by atoms with van der Waals surface area (Å²) >= 11 is 0. The summed E-state index contributed by atoms with van der Waals surface area (Å²) in [4.78, 5) is 13.0. The number of nitrogens with zero attached hydrogens (tertiary/aromatic N) is 3. The molecule has 16 heavy (non-hydrogen) atoms. The lowest BCUT2D eigenvalue weighted by Gasteiger charge is -2.09. The first-order valence-corrected chi connectivity index (χ1v) is 5.48. The fourth-order valence-corrected chi connectivity index (χ4v) is 1.76. The van der Waals surface area contributed by atoms with Gasteiger partial charge in [-0.05, 0) is 6.42 Å². The largest absolute Gasteiger partial charge is 0.408 e. The average Bonchev–Trinajstić information content (AvgIpc) is 2.85.